The van der Waals surface area contributed by atoms with E-state index in [4.69, 9.17) is 5.11 Å². The van der Waals surface area contributed by atoms with Gasteiger partial charge in [0.05, 0.1) is 6.54 Å². The molecule has 0 saturated carbocycles. The van der Waals surface area contributed by atoms with Gasteiger partial charge in [-0.25, -0.2) is 9.18 Å². The predicted octanol–water partition coefficient (Wildman–Crippen LogP) is 0.638. The largest absolute Gasteiger partial charge is 0.465 e. The van der Waals surface area contributed by atoms with E-state index in [1.807, 2.05) is 19.0 Å². The Balaban J connectivity index is 2.51. The van der Waals surface area contributed by atoms with Crippen LogP contribution >= 0.6 is 0 Å². The van der Waals surface area contributed by atoms with Gasteiger partial charge in [-0.2, -0.15) is 0 Å². The normalized spacial score (nSPS) is 29.4. The Morgan fingerprint density at radius 2 is 2.23 bits per heavy atom. The Morgan fingerprint density at radius 1 is 1.62 bits per heavy atom. The lowest BCUT2D eigenvalue weighted by molar-refractivity contribution is 0.0562. The SMILES string of the molecule is CN(C)[C@H]1CCN(C(=O)O)C[C@@H]1F. The van der Waals surface area contributed by atoms with Crippen LogP contribution in [0.15, 0.2) is 0 Å². The van der Waals surface area contributed by atoms with E-state index in [9.17, 15) is 9.18 Å². The zero-order valence-electron chi connectivity index (χ0n) is 7.90. The number of halogens is 1. The lowest BCUT2D eigenvalue weighted by atomic mass is 10.0. The van der Waals surface area contributed by atoms with Crippen molar-refractivity contribution in [2.45, 2.75) is 18.6 Å². The second-order valence-electron chi connectivity index (χ2n) is 3.56. The summed E-state index contributed by atoms with van der Waals surface area (Å²) < 4.78 is 13.4. The Hall–Kier alpha value is -0.840. The van der Waals surface area contributed by atoms with Crippen molar-refractivity contribution in [1.82, 2.24) is 9.80 Å². The number of alkyl halides is 1. The van der Waals surface area contributed by atoms with Crippen LogP contribution in [0.2, 0.25) is 0 Å². The van der Waals surface area contributed by atoms with Gasteiger partial charge in [-0.05, 0) is 20.5 Å². The third-order valence-electron chi connectivity index (χ3n) is 2.44. The van der Waals surface area contributed by atoms with Crippen molar-refractivity contribution in [3.63, 3.8) is 0 Å². The molecular weight excluding hydrogens is 175 g/mol. The van der Waals surface area contributed by atoms with Crippen LogP contribution in [0.4, 0.5) is 9.18 Å². The minimum Gasteiger partial charge on any atom is -0.465 e. The van der Waals surface area contributed by atoms with Crippen LogP contribution in [0.1, 0.15) is 6.42 Å². The standard InChI is InChI=1S/C8H15FN2O2/c1-10(2)7-3-4-11(8(12)13)5-6(7)9/h6-7H,3-5H2,1-2H3,(H,12,13)/t6-,7-/m0/s1. The highest BCUT2D eigenvalue weighted by molar-refractivity contribution is 5.65. The molecule has 0 aliphatic carbocycles. The molecule has 0 radical (unpaired) electrons. The summed E-state index contributed by atoms with van der Waals surface area (Å²) in [6.07, 6.45) is -1.53. The molecule has 0 aromatic carbocycles. The fraction of sp³-hybridized carbons (Fsp3) is 0.875. The lowest BCUT2D eigenvalue weighted by Crippen LogP contribution is -2.51. The van der Waals surface area contributed by atoms with Gasteiger partial charge in [0.2, 0.25) is 0 Å². The lowest BCUT2D eigenvalue weighted by Gasteiger charge is -2.36. The summed E-state index contributed by atoms with van der Waals surface area (Å²) in [4.78, 5) is 13.5. The zero-order valence-corrected chi connectivity index (χ0v) is 7.90. The molecule has 1 fully saturated rings. The van der Waals surface area contributed by atoms with Crippen molar-refractivity contribution in [2.75, 3.05) is 27.2 Å². The second kappa shape index (κ2) is 3.91. The molecule has 76 valence electrons. The maximum absolute atomic E-state index is 13.4. The van der Waals surface area contributed by atoms with Crippen LogP contribution in [0.5, 0.6) is 0 Å². The molecule has 1 rings (SSSR count). The highest BCUT2D eigenvalue weighted by atomic mass is 19.1. The minimum atomic E-state index is -1.07. The molecule has 1 saturated heterocycles. The van der Waals surface area contributed by atoms with Crippen molar-refractivity contribution in [3.05, 3.63) is 0 Å². The van der Waals surface area contributed by atoms with Crippen molar-refractivity contribution in [1.29, 1.82) is 0 Å². The second-order valence-corrected chi connectivity index (χ2v) is 3.56. The topological polar surface area (TPSA) is 43.8 Å². The third kappa shape index (κ3) is 2.30. The molecule has 1 amide bonds. The number of carbonyl (C=O) groups is 1. The summed E-state index contributed by atoms with van der Waals surface area (Å²) in [5.41, 5.74) is 0. The van der Waals surface area contributed by atoms with Crippen LogP contribution < -0.4 is 0 Å². The van der Waals surface area contributed by atoms with Crippen molar-refractivity contribution < 1.29 is 14.3 Å². The van der Waals surface area contributed by atoms with Gasteiger partial charge in [0.1, 0.15) is 6.17 Å². The van der Waals surface area contributed by atoms with E-state index in [0.717, 1.165) is 4.90 Å². The fourth-order valence-corrected chi connectivity index (χ4v) is 1.65. The monoisotopic (exact) mass is 190 g/mol. The van der Waals surface area contributed by atoms with Gasteiger partial charge in [0.15, 0.2) is 0 Å². The quantitative estimate of drug-likeness (QED) is 0.659. The van der Waals surface area contributed by atoms with Gasteiger partial charge in [0.25, 0.3) is 0 Å². The van der Waals surface area contributed by atoms with Gasteiger partial charge >= 0.3 is 6.09 Å². The molecule has 1 aliphatic rings. The number of rotatable bonds is 1. The van der Waals surface area contributed by atoms with Gasteiger partial charge in [-0.3, -0.25) is 0 Å². The summed E-state index contributed by atoms with van der Waals surface area (Å²) in [5, 5.41) is 8.63. The van der Waals surface area contributed by atoms with Crippen LogP contribution in [-0.4, -0.2) is 60.4 Å². The van der Waals surface area contributed by atoms with Crippen molar-refractivity contribution in [3.8, 4) is 0 Å². The van der Waals surface area contributed by atoms with E-state index >= 15 is 0 Å². The molecule has 2 atom stereocenters. The summed E-state index contributed by atoms with van der Waals surface area (Å²) in [7, 11) is 3.63. The van der Waals surface area contributed by atoms with E-state index in [1.54, 1.807) is 0 Å². The Kier molecular flexibility index (Phi) is 3.08. The van der Waals surface area contributed by atoms with E-state index in [2.05, 4.69) is 0 Å². The molecule has 5 heteroatoms. The molecule has 0 bridgehead atoms. The first-order valence-electron chi connectivity index (χ1n) is 4.30. The molecule has 0 aromatic rings. The van der Waals surface area contributed by atoms with E-state index in [-0.39, 0.29) is 12.6 Å². The minimum absolute atomic E-state index is 0.00181. The molecule has 0 aromatic heterocycles. The van der Waals surface area contributed by atoms with Gasteiger partial charge in [0, 0.05) is 12.6 Å². The number of nitrogens with zero attached hydrogens (tertiary/aromatic N) is 2. The highest BCUT2D eigenvalue weighted by Gasteiger charge is 2.32. The average molecular weight is 190 g/mol. The Morgan fingerprint density at radius 3 is 2.62 bits per heavy atom. The van der Waals surface area contributed by atoms with E-state index < -0.39 is 12.3 Å². The number of likely N-dealkylation sites (tertiary alicyclic amines) is 1. The van der Waals surface area contributed by atoms with Crippen LogP contribution in [0.25, 0.3) is 0 Å². The molecule has 0 spiro atoms. The third-order valence-corrected chi connectivity index (χ3v) is 2.44. The number of hydrogen-bond acceptors (Lipinski definition) is 2. The maximum atomic E-state index is 13.4. The van der Waals surface area contributed by atoms with Crippen molar-refractivity contribution >= 4 is 6.09 Å². The number of hydrogen-bond donors (Lipinski definition) is 1. The van der Waals surface area contributed by atoms with Gasteiger partial charge < -0.3 is 14.9 Å². The summed E-state index contributed by atoms with van der Waals surface area (Å²) in [5.74, 6) is 0. The first-order valence-corrected chi connectivity index (χ1v) is 4.30. The molecule has 0 unspecified atom stereocenters. The smallest absolute Gasteiger partial charge is 0.407 e. The maximum Gasteiger partial charge on any atom is 0.407 e. The molecular formula is C8H15FN2O2. The predicted molar refractivity (Wildman–Crippen MR) is 46.6 cm³/mol. The molecule has 1 aliphatic heterocycles. The number of piperidine rings is 1. The highest BCUT2D eigenvalue weighted by Crippen LogP contribution is 2.17. The molecule has 1 heterocycles. The molecule has 13 heavy (non-hydrogen) atoms. The fourth-order valence-electron chi connectivity index (χ4n) is 1.65. The first-order chi connectivity index (χ1) is 6.02. The molecule has 1 N–H and O–H groups in total. The average Bonchev–Trinajstić information content (AvgIpc) is 2.03. The van der Waals surface area contributed by atoms with Crippen molar-refractivity contribution in [2.24, 2.45) is 0 Å². The first kappa shape index (κ1) is 10.2. The van der Waals surface area contributed by atoms with Crippen LogP contribution in [0.3, 0.4) is 0 Å². The Bertz CT molecular complexity index is 199. The number of amides is 1. The summed E-state index contributed by atoms with van der Waals surface area (Å²) in [6.45, 7) is 0.427. The van der Waals surface area contributed by atoms with Crippen LogP contribution in [-0.2, 0) is 0 Å². The number of carboxylic acid groups (broad SMARTS) is 1. The molecule has 4 nitrogen and oxygen atoms in total. The van der Waals surface area contributed by atoms with Crippen LogP contribution in [0, 0.1) is 0 Å². The van der Waals surface area contributed by atoms with E-state index in [0.29, 0.717) is 13.0 Å². The van der Waals surface area contributed by atoms with Gasteiger partial charge in [-0.15, -0.1) is 0 Å². The van der Waals surface area contributed by atoms with E-state index in [1.165, 1.54) is 0 Å². The van der Waals surface area contributed by atoms with Gasteiger partial charge in [-0.1, -0.05) is 0 Å². The summed E-state index contributed by atoms with van der Waals surface area (Å²) >= 11 is 0. The zero-order chi connectivity index (χ0) is 10.0. The Labute approximate surface area is 76.9 Å². The summed E-state index contributed by atoms with van der Waals surface area (Å²) in [6, 6.07) is -0.143.